The van der Waals surface area contributed by atoms with Crippen molar-refractivity contribution in [3.8, 4) is 11.5 Å². The summed E-state index contributed by atoms with van der Waals surface area (Å²) in [5.74, 6) is -0.498. The Balaban J connectivity index is 1.86. The highest BCUT2D eigenvalue weighted by Gasteiger charge is 2.33. The van der Waals surface area contributed by atoms with Gasteiger partial charge in [-0.05, 0) is 48.4 Å². The standard InChI is InChI=1S/C19H19F4NO3/c1-2-9-26-15-5-7-16(8-6-15)27-12-18(25)24-11-13-3-4-14(20)10-17(13)19(21,22)23/h3-8,10H,2,9,11-12H2,1H3,(H,24,25). The van der Waals surface area contributed by atoms with Crippen molar-refractivity contribution < 1.29 is 31.8 Å². The Bertz CT molecular complexity index is 761. The minimum Gasteiger partial charge on any atom is -0.494 e. The molecule has 2 rings (SSSR count). The van der Waals surface area contributed by atoms with Gasteiger partial charge in [0.15, 0.2) is 6.61 Å². The first kappa shape index (κ1) is 20.5. The number of halogens is 4. The zero-order valence-corrected chi connectivity index (χ0v) is 14.6. The molecule has 0 saturated heterocycles. The Kier molecular flexibility index (Phi) is 7.04. The molecule has 2 aromatic carbocycles. The van der Waals surface area contributed by atoms with Gasteiger partial charge in [-0.2, -0.15) is 13.2 Å². The third kappa shape index (κ3) is 6.47. The van der Waals surface area contributed by atoms with E-state index >= 15 is 0 Å². The van der Waals surface area contributed by atoms with Crippen LogP contribution >= 0.6 is 0 Å². The molecule has 0 spiro atoms. The lowest BCUT2D eigenvalue weighted by atomic mass is 10.1. The van der Waals surface area contributed by atoms with Gasteiger partial charge in [-0.3, -0.25) is 4.79 Å². The van der Waals surface area contributed by atoms with Crippen LogP contribution in [0.1, 0.15) is 24.5 Å². The number of rotatable bonds is 8. The summed E-state index contributed by atoms with van der Waals surface area (Å²) in [6.45, 7) is 1.82. The Hall–Kier alpha value is -2.77. The number of hydrogen-bond donors (Lipinski definition) is 1. The van der Waals surface area contributed by atoms with Gasteiger partial charge < -0.3 is 14.8 Å². The number of hydrogen-bond acceptors (Lipinski definition) is 3. The highest BCUT2D eigenvalue weighted by molar-refractivity contribution is 5.77. The van der Waals surface area contributed by atoms with E-state index in [9.17, 15) is 22.4 Å². The van der Waals surface area contributed by atoms with Crippen molar-refractivity contribution in [2.24, 2.45) is 0 Å². The van der Waals surface area contributed by atoms with Crippen LogP contribution in [0.15, 0.2) is 42.5 Å². The maximum atomic E-state index is 13.1. The average molecular weight is 385 g/mol. The summed E-state index contributed by atoms with van der Waals surface area (Å²) in [5, 5.41) is 2.33. The van der Waals surface area contributed by atoms with Crippen molar-refractivity contribution in [1.29, 1.82) is 0 Å². The molecule has 1 amide bonds. The monoisotopic (exact) mass is 385 g/mol. The van der Waals surface area contributed by atoms with Crippen LogP contribution in [-0.4, -0.2) is 19.1 Å². The van der Waals surface area contributed by atoms with E-state index in [-0.39, 0.29) is 18.7 Å². The van der Waals surface area contributed by atoms with Gasteiger partial charge in [0.05, 0.1) is 12.2 Å². The van der Waals surface area contributed by atoms with Gasteiger partial charge in [-0.25, -0.2) is 4.39 Å². The van der Waals surface area contributed by atoms with Gasteiger partial charge in [0.1, 0.15) is 17.3 Å². The van der Waals surface area contributed by atoms with Crippen LogP contribution in [0.4, 0.5) is 17.6 Å². The maximum absolute atomic E-state index is 13.1. The number of nitrogens with one attached hydrogen (secondary N) is 1. The molecule has 0 unspecified atom stereocenters. The Morgan fingerprint density at radius 2 is 1.67 bits per heavy atom. The second kappa shape index (κ2) is 9.25. The summed E-state index contributed by atoms with van der Waals surface area (Å²) in [7, 11) is 0. The molecule has 0 aliphatic carbocycles. The highest BCUT2D eigenvalue weighted by atomic mass is 19.4. The summed E-state index contributed by atoms with van der Waals surface area (Å²) in [5.41, 5.74) is -1.35. The number of carbonyl (C=O) groups is 1. The van der Waals surface area contributed by atoms with Crippen molar-refractivity contribution >= 4 is 5.91 Å². The van der Waals surface area contributed by atoms with E-state index < -0.39 is 23.5 Å². The average Bonchev–Trinajstić information content (AvgIpc) is 2.63. The maximum Gasteiger partial charge on any atom is 0.416 e. The fourth-order valence-electron chi connectivity index (χ4n) is 2.21. The van der Waals surface area contributed by atoms with E-state index in [0.717, 1.165) is 18.6 Å². The van der Waals surface area contributed by atoms with E-state index in [1.807, 2.05) is 6.92 Å². The molecule has 0 bridgehead atoms. The first-order valence-electron chi connectivity index (χ1n) is 8.27. The molecule has 0 radical (unpaired) electrons. The Morgan fingerprint density at radius 1 is 1.04 bits per heavy atom. The minimum absolute atomic E-state index is 0.227. The lowest BCUT2D eigenvalue weighted by Gasteiger charge is -2.14. The molecule has 4 nitrogen and oxygen atoms in total. The Labute approximate surface area is 154 Å². The van der Waals surface area contributed by atoms with Crippen LogP contribution < -0.4 is 14.8 Å². The van der Waals surface area contributed by atoms with E-state index in [1.54, 1.807) is 24.3 Å². The molecule has 1 N–H and O–H groups in total. The van der Waals surface area contributed by atoms with Crippen molar-refractivity contribution in [3.63, 3.8) is 0 Å². The number of benzene rings is 2. The smallest absolute Gasteiger partial charge is 0.416 e. The van der Waals surface area contributed by atoms with Gasteiger partial charge in [0, 0.05) is 6.54 Å². The molecular weight excluding hydrogens is 366 g/mol. The summed E-state index contributed by atoms with van der Waals surface area (Å²) in [6.07, 6.45) is -3.83. The van der Waals surface area contributed by atoms with Crippen LogP contribution in [0.3, 0.4) is 0 Å². The molecule has 0 aliphatic heterocycles. The van der Waals surface area contributed by atoms with Gasteiger partial charge in [-0.1, -0.05) is 13.0 Å². The molecule has 8 heteroatoms. The number of carbonyl (C=O) groups excluding carboxylic acids is 1. The predicted molar refractivity (Wildman–Crippen MR) is 91.0 cm³/mol. The van der Waals surface area contributed by atoms with Crippen molar-refractivity contribution in [2.75, 3.05) is 13.2 Å². The highest BCUT2D eigenvalue weighted by Crippen LogP contribution is 2.32. The van der Waals surface area contributed by atoms with E-state index in [2.05, 4.69) is 5.32 Å². The Morgan fingerprint density at radius 3 is 2.26 bits per heavy atom. The zero-order chi connectivity index (χ0) is 19.9. The molecule has 0 saturated carbocycles. The number of alkyl halides is 3. The molecule has 2 aromatic rings. The van der Waals surface area contributed by atoms with Crippen LogP contribution in [0.2, 0.25) is 0 Å². The minimum atomic E-state index is -4.71. The normalized spacial score (nSPS) is 11.1. The third-order valence-corrected chi connectivity index (χ3v) is 3.52. The van der Waals surface area contributed by atoms with Crippen LogP contribution in [0.25, 0.3) is 0 Å². The fraction of sp³-hybridized carbons (Fsp3) is 0.316. The second-order valence-electron chi connectivity index (χ2n) is 5.68. The van der Waals surface area contributed by atoms with Crippen molar-refractivity contribution in [3.05, 3.63) is 59.4 Å². The number of ether oxygens (including phenoxy) is 2. The van der Waals surface area contributed by atoms with Crippen LogP contribution in [0.5, 0.6) is 11.5 Å². The second-order valence-corrected chi connectivity index (χ2v) is 5.68. The third-order valence-electron chi connectivity index (χ3n) is 3.52. The summed E-state index contributed by atoms with van der Waals surface area (Å²) in [4.78, 5) is 11.8. The number of amides is 1. The largest absolute Gasteiger partial charge is 0.494 e. The van der Waals surface area contributed by atoms with Gasteiger partial charge in [0.2, 0.25) is 0 Å². The first-order chi connectivity index (χ1) is 12.8. The molecule has 0 heterocycles. The SMILES string of the molecule is CCCOc1ccc(OCC(=O)NCc2ccc(F)cc2C(F)(F)F)cc1. The van der Waals surface area contributed by atoms with Crippen molar-refractivity contribution in [2.45, 2.75) is 26.1 Å². The van der Waals surface area contributed by atoms with Crippen LogP contribution in [0, 0.1) is 5.82 Å². The van der Waals surface area contributed by atoms with E-state index in [4.69, 9.17) is 9.47 Å². The summed E-state index contributed by atoms with van der Waals surface area (Å²) < 4.78 is 62.5. The van der Waals surface area contributed by atoms with Crippen LogP contribution in [-0.2, 0) is 17.5 Å². The zero-order valence-electron chi connectivity index (χ0n) is 14.6. The van der Waals surface area contributed by atoms with Crippen molar-refractivity contribution in [1.82, 2.24) is 5.32 Å². The summed E-state index contributed by atoms with van der Waals surface area (Å²) >= 11 is 0. The van der Waals surface area contributed by atoms with Gasteiger partial charge >= 0.3 is 6.18 Å². The molecule has 27 heavy (non-hydrogen) atoms. The molecule has 0 fully saturated rings. The lowest BCUT2D eigenvalue weighted by molar-refractivity contribution is -0.138. The predicted octanol–water partition coefficient (Wildman–Crippen LogP) is 4.33. The molecular formula is C19H19F4NO3. The first-order valence-corrected chi connectivity index (χ1v) is 8.27. The molecule has 0 aromatic heterocycles. The molecule has 0 atom stereocenters. The van der Waals surface area contributed by atoms with E-state index in [0.29, 0.717) is 24.2 Å². The fourth-order valence-corrected chi connectivity index (χ4v) is 2.21. The van der Waals surface area contributed by atoms with Gasteiger partial charge in [-0.15, -0.1) is 0 Å². The summed E-state index contributed by atoms with van der Waals surface area (Å²) in [6, 6.07) is 8.94. The molecule has 0 aliphatic rings. The quantitative estimate of drug-likeness (QED) is 0.688. The van der Waals surface area contributed by atoms with Gasteiger partial charge in [0.25, 0.3) is 5.91 Å². The van der Waals surface area contributed by atoms with E-state index in [1.165, 1.54) is 0 Å². The molecule has 146 valence electrons. The topological polar surface area (TPSA) is 47.6 Å². The lowest BCUT2D eigenvalue weighted by Crippen LogP contribution is -2.29.